The highest BCUT2D eigenvalue weighted by molar-refractivity contribution is 6.29. The lowest BCUT2D eigenvalue weighted by molar-refractivity contribution is 0.506. The van der Waals surface area contributed by atoms with Crippen LogP contribution in [0.15, 0.2) is 35.1 Å². The molecule has 1 saturated carbocycles. The van der Waals surface area contributed by atoms with Gasteiger partial charge in [0.2, 0.25) is 0 Å². The van der Waals surface area contributed by atoms with E-state index in [1.54, 1.807) is 21.3 Å². The molecule has 0 N–H and O–H groups in total. The number of pyridine rings is 1. The van der Waals surface area contributed by atoms with Crippen LogP contribution in [0.25, 0.3) is 22.2 Å². The number of hydrogen-bond acceptors (Lipinski definition) is 3. The van der Waals surface area contributed by atoms with Crippen molar-refractivity contribution in [2.24, 2.45) is 5.92 Å². The van der Waals surface area contributed by atoms with Gasteiger partial charge >= 0.3 is 5.69 Å². The van der Waals surface area contributed by atoms with Gasteiger partial charge in [-0.15, -0.1) is 0 Å². The van der Waals surface area contributed by atoms with Gasteiger partial charge in [-0.1, -0.05) is 25.4 Å². The second kappa shape index (κ2) is 7.23. The molecule has 30 heavy (non-hydrogen) atoms. The van der Waals surface area contributed by atoms with Crippen LogP contribution < -0.4 is 5.69 Å². The van der Waals surface area contributed by atoms with E-state index >= 15 is 0 Å². The van der Waals surface area contributed by atoms with Crippen LogP contribution in [0.5, 0.6) is 0 Å². The van der Waals surface area contributed by atoms with Crippen molar-refractivity contribution < 1.29 is 4.39 Å². The van der Waals surface area contributed by atoms with Crippen molar-refractivity contribution in [3.8, 4) is 0 Å². The van der Waals surface area contributed by atoms with Crippen molar-refractivity contribution in [2.45, 2.75) is 52.2 Å². The zero-order valence-electron chi connectivity index (χ0n) is 17.0. The van der Waals surface area contributed by atoms with E-state index in [0.717, 1.165) is 42.7 Å². The lowest BCUT2D eigenvalue weighted by Crippen LogP contribution is -2.25. The van der Waals surface area contributed by atoms with Gasteiger partial charge in [0.15, 0.2) is 5.65 Å². The van der Waals surface area contributed by atoms with Gasteiger partial charge in [0.1, 0.15) is 16.8 Å². The number of fused-ring (bicyclic) bond motifs is 2. The Hall–Kier alpha value is -2.67. The maximum Gasteiger partial charge on any atom is 0.329 e. The van der Waals surface area contributed by atoms with Gasteiger partial charge < -0.3 is 4.57 Å². The Bertz CT molecular complexity index is 1310. The second-order valence-electron chi connectivity index (χ2n) is 8.44. The normalized spacial score (nSPS) is 14.4. The Balaban J connectivity index is 1.66. The number of aryl methyl sites for hydroxylation is 1. The molecule has 156 valence electrons. The molecule has 6 nitrogen and oxygen atoms in total. The van der Waals surface area contributed by atoms with Gasteiger partial charge in [-0.2, -0.15) is 0 Å². The van der Waals surface area contributed by atoms with E-state index in [0.29, 0.717) is 22.2 Å². The first kappa shape index (κ1) is 19.3. The minimum atomic E-state index is -0.356. The lowest BCUT2D eigenvalue weighted by atomic mass is 10.1. The summed E-state index contributed by atoms with van der Waals surface area (Å²) in [4.78, 5) is 22.3. The van der Waals surface area contributed by atoms with E-state index in [-0.39, 0.29) is 24.1 Å². The van der Waals surface area contributed by atoms with Gasteiger partial charge in [-0.25, -0.2) is 19.2 Å². The Kier molecular flexibility index (Phi) is 4.65. The lowest BCUT2D eigenvalue weighted by Gasteiger charge is -2.11. The molecule has 0 amide bonds. The molecule has 0 spiro atoms. The molecule has 3 heterocycles. The number of rotatable bonds is 6. The van der Waals surface area contributed by atoms with E-state index in [4.69, 9.17) is 16.6 Å². The van der Waals surface area contributed by atoms with Crippen LogP contribution in [0.2, 0.25) is 5.15 Å². The molecule has 0 bridgehead atoms. The third kappa shape index (κ3) is 3.31. The molecule has 0 unspecified atom stereocenters. The Morgan fingerprint density at radius 2 is 1.87 bits per heavy atom. The summed E-state index contributed by atoms with van der Waals surface area (Å²) < 4.78 is 19.6. The van der Waals surface area contributed by atoms with Gasteiger partial charge in [0.05, 0.1) is 23.1 Å². The largest absolute Gasteiger partial charge is 0.329 e. The zero-order chi connectivity index (χ0) is 21.0. The highest BCUT2D eigenvalue weighted by Crippen LogP contribution is 2.36. The zero-order valence-corrected chi connectivity index (χ0v) is 17.7. The van der Waals surface area contributed by atoms with Crippen LogP contribution >= 0.6 is 11.6 Å². The molecule has 0 aliphatic heterocycles. The standard InChI is InChI=1S/C22H23ClFN5O/c1-13(2)9-10-27-17-7-8-19(23)25-21(17)26-20(27)12-28-18-11-14(24)3-6-16(18)29(22(28)30)15-4-5-15/h3,6-8,11,13,15H,4-5,9-10,12H2,1-2H3. The highest BCUT2D eigenvalue weighted by Gasteiger charge is 2.29. The molecular formula is C22H23ClFN5O. The van der Waals surface area contributed by atoms with Crippen LogP contribution in [-0.4, -0.2) is 23.7 Å². The van der Waals surface area contributed by atoms with Crippen LogP contribution in [0.4, 0.5) is 4.39 Å². The summed E-state index contributed by atoms with van der Waals surface area (Å²) in [5.41, 5.74) is 2.70. The molecule has 1 aliphatic carbocycles. The fourth-order valence-corrected chi connectivity index (χ4v) is 4.17. The van der Waals surface area contributed by atoms with Crippen LogP contribution in [0.1, 0.15) is 45.0 Å². The van der Waals surface area contributed by atoms with Crippen molar-refractivity contribution in [3.05, 3.63) is 57.6 Å². The predicted octanol–water partition coefficient (Wildman–Crippen LogP) is 4.77. The van der Waals surface area contributed by atoms with E-state index in [1.807, 2.05) is 6.07 Å². The maximum absolute atomic E-state index is 14.0. The van der Waals surface area contributed by atoms with Crippen LogP contribution in [-0.2, 0) is 13.1 Å². The average molecular weight is 428 g/mol. The number of benzene rings is 1. The molecular weight excluding hydrogens is 405 g/mol. The molecule has 1 fully saturated rings. The van der Waals surface area contributed by atoms with E-state index in [9.17, 15) is 9.18 Å². The van der Waals surface area contributed by atoms with Gasteiger partial charge in [0.25, 0.3) is 0 Å². The first-order chi connectivity index (χ1) is 14.4. The summed E-state index contributed by atoms with van der Waals surface area (Å²) in [7, 11) is 0. The number of imidazole rings is 2. The Morgan fingerprint density at radius 1 is 1.10 bits per heavy atom. The maximum atomic E-state index is 14.0. The number of aromatic nitrogens is 5. The van der Waals surface area contributed by atoms with Gasteiger partial charge in [-0.3, -0.25) is 9.13 Å². The Morgan fingerprint density at radius 3 is 2.60 bits per heavy atom. The van der Waals surface area contributed by atoms with Crippen LogP contribution in [0, 0.1) is 11.7 Å². The second-order valence-corrected chi connectivity index (χ2v) is 8.83. The van der Waals surface area contributed by atoms with Crippen molar-refractivity contribution in [1.29, 1.82) is 0 Å². The third-order valence-corrected chi connectivity index (χ3v) is 5.93. The monoisotopic (exact) mass is 427 g/mol. The minimum absolute atomic E-state index is 0.119. The van der Waals surface area contributed by atoms with Crippen molar-refractivity contribution >= 4 is 33.8 Å². The first-order valence-corrected chi connectivity index (χ1v) is 10.7. The summed E-state index contributed by atoms with van der Waals surface area (Å²) in [6.45, 7) is 5.36. The van der Waals surface area contributed by atoms with Gasteiger partial charge in [-0.05, 0) is 55.5 Å². The molecule has 8 heteroatoms. The van der Waals surface area contributed by atoms with E-state index in [2.05, 4.69) is 23.4 Å². The van der Waals surface area contributed by atoms with Crippen LogP contribution in [0.3, 0.4) is 0 Å². The molecule has 3 aromatic heterocycles. The smallest absolute Gasteiger partial charge is 0.325 e. The summed E-state index contributed by atoms with van der Waals surface area (Å²) in [5.74, 6) is 0.886. The molecule has 4 aromatic rings. The highest BCUT2D eigenvalue weighted by atomic mass is 35.5. The molecule has 0 saturated heterocycles. The SMILES string of the molecule is CC(C)CCn1c(Cn2c(=O)n(C3CC3)c3ccc(F)cc32)nc2nc(Cl)ccc21. The van der Waals surface area contributed by atoms with Gasteiger partial charge in [0, 0.05) is 12.6 Å². The third-order valence-electron chi connectivity index (χ3n) is 5.72. The van der Waals surface area contributed by atoms with Crippen molar-refractivity contribution in [2.75, 3.05) is 0 Å². The molecule has 1 aromatic carbocycles. The Labute approximate surface area is 177 Å². The fourth-order valence-electron chi connectivity index (χ4n) is 4.02. The molecule has 0 atom stereocenters. The summed E-state index contributed by atoms with van der Waals surface area (Å²) in [6.07, 6.45) is 2.92. The topological polar surface area (TPSA) is 57.6 Å². The van der Waals surface area contributed by atoms with E-state index < -0.39 is 0 Å². The van der Waals surface area contributed by atoms with Crippen molar-refractivity contribution in [3.63, 3.8) is 0 Å². The molecule has 5 rings (SSSR count). The van der Waals surface area contributed by atoms with E-state index in [1.165, 1.54) is 12.1 Å². The summed E-state index contributed by atoms with van der Waals surface area (Å²) in [5, 5.41) is 0.382. The number of hydrogen-bond donors (Lipinski definition) is 0. The first-order valence-electron chi connectivity index (χ1n) is 10.3. The summed E-state index contributed by atoms with van der Waals surface area (Å²) >= 11 is 6.07. The van der Waals surface area contributed by atoms with Crippen molar-refractivity contribution in [1.82, 2.24) is 23.7 Å². The quantitative estimate of drug-likeness (QED) is 0.416. The number of nitrogens with zero attached hydrogens (tertiary/aromatic N) is 5. The number of halogens is 2. The minimum Gasteiger partial charge on any atom is -0.325 e. The molecule has 1 aliphatic rings. The fraction of sp³-hybridized carbons (Fsp3) is 0.409. The average Bonchev–Trinajstić information content (AvgIpc) is 3.42. The summed E-state index contributed by atoms with van der Waals surface area (Å²) in [6, 6.07) is 8.41. The predicted molar refractivity (Wildman–Crippen MR) is 116 cm³/mol. The molecule has 0 radical (unpaired) electrons.